The van der Waals surface area contributed by atoms with Crippen molar-refractivity contribution in [2.45, 2.75) is 0 Å². The Hall–Kier alpha value is -2.83. The molecule has 1 heterocycles. The first-order chi connectivity index (χ1) is 9.51. The molecule has 1 saturated heterocycles. The Morgan fingerprint density at radius 2 is 2.20 bits per heavy atom. The molecule has 0 aliphatic carbocycles. The van der Waals surface area contributed by atoms with Crippen LogP contribution in [0.2, 0.25) is 0 Å². The highest BCUT2D eigenvalue weighted by Gasteiger charge is 2.34. The molecule has 7 heteroatoms. The summed E-state index contributed by atoms with van der Waals surface area (Å²) in [6.45, 7) is -0.667. The van der Waals surface area contributed by atoms with E-state index in [9.17, 15) is 14.4 Å². The summed E-state index contributed by atoms with van der Waals surface area (Å²) in [4.78, 5) is 34.6. The molecule has 1 aromatic carbocycles. The first kappa shape index (κ1) is 13.6. The van der Waals surface area contributed by atoms with Gasteiger partial charge in [0.05, 0.1) is 7.11 Å². The van der Waals surface area contributed by atoms with Crippen LogP contribution in [0.5, 0.6) is 5.75 Å². The number of carboxylic acids is 1. The molecule has 1 fully saturated rings. The van der Waals surface area contributed by atoms with Crippen molar-refractivity contribution in [3.8, 4) is 5.75 Å². The molecule has 0 radical (unpaired) electrons. The van der Waals surface area contributed by atoms with Gasteiger partial charge in [-0.25, -0.2) is 9.69 Å². The number of carboxylic acid groups (broad SMARTS) is 1. The van der Waals surface area contributed by atoms with Crippen LogP contribution in [0.1, 0.15) is 5.56 Å². The molecule has 0 saturated carbocycles. The quantitative estimate of drug-likeness (QED) is 0.622. The molecular formula is C13H12N2O5. The van der Waals surface area contributed by atoms with Crippen molar-refractivity contribution in [1.29, 1.82) is 0 Å². The zero-order chi connectivity index (χ0) is 14.7. The number of methoxy groups -OCH3 is 1. The predicted molar refractivity (Wildman–Crippen MR) is 68.9 cm³/mol. The van der Waals surface area contributed by atoms with E-state index in [1.54, 1.807) is 24.3 Å². The van der Waals surface area contributed by atoms with Crippen LogP contribution < -0.4 is 10.1 Å². The fourth-order valence-corrected chi connectivity index (χ4v) is 1.75. The molecule has 3 amide bonds. The highest BCUT2D eigenvalue weighted by atomic mass is 16.5. The van der Waals surface area contributed by atoms with Gasteiger partial charge in [-0.05, 0) is 23.8 Å². The Morgan fingerprint density at radius 1 is 1.45 bits per heavy atom. The first-order valence-corrected chi connectivity index (χ1v) is 5.71. The standard InChI is InChI=1S/C13H12N2O5/c1-20-9-4-2-3-8(5-9)6-10-12(18)15(7-11(16)17)13(19)14-10/h2-6H,7H2,1H3,(H,14,19)(H,16,17). The summed E-state index contributed by atoms with van der Waals surface area (Å²) >= 11 is 0. The molecule has 7 nitrogen and oxygen atoms in total. The molecular weight excluding hydrogens is 264 g/mol. The smallest absolute Gasteiger partial charge is 0.329 e. The van der Waals surface area contributed by atoms with Crippen molar-refractivity contribution < 1.29 is 24.2 Å². The summed E-state index contributed by atoms with van der Waals surface area (Å²) in [5.74, 6) is -1.31. The number of amides is 3. The van der Waals surface area contributed by atoms with E-state index < -0.39 is 24.5 Å². The van der Waals surface area contributed by atoms with Crippen LogP contribution in [0.3, 0.4) is 0 Å². The number of imide groups is 1. The van der Waals surface area contributed by atoms with Crippen LogP contribution in [0.25, 0.3) is 6.08 Å². The molecule has 20 heavy (non-hydrogen) atoms. The summed E-state index contributed by atoms with van der Waals surface area (Å²) < 4.78 is 5.05. The van der Waals surface area contributed by atoms with Gasteiger partial charge in [0.15, 0.2) is 0 Å². The summed E-state index contributed by atoms with van der Waals surface area (Å²) in [6, 6.07) is 6.16. The van der Waals surface area contributed by atoms with E-state index in [-0.39, 0.29) is 5.70 Å². The minimum atomic E-state index is -1.25. The second-order valence-electron chi connectivity index (χ2n) is 4.05. The summed E-state index contributed by atoms with van der Waals surface area (Å²) in [7, 11) is 1.52. The van der Waals surface area contributed by atoms with Crippen molar-refractivity contribution >= 4 is 24.0 Å². The van der Waals surface area contributed by atoms with Gasteiger partial charge in [-0.2, -0.15) is 0 Å². The lowest BCUT2D eigenvalue weighted by Crippen LogP contribution is -2.35. The van der Waals surface area contributed by atoms with Crippen molar-refractivity contribution in [1.82, 2.24) is 10.2 Å². The maximum absolute atomic E-state index is 11.9. The third-order valence-electron chi connectivity index (χ3n) is 2.66. The maximum atomic E-state index is 11.9. The number of nitrogens with one attached hydrogen (secondary N) is 1. The second-order valence-corrected chi connectivity index (χ2v) is 4.05. The Bertz CT molecular complexity index is 609. The highest BCUT2D eigenvalue weighted by Crippen LogP contribution is 2.17. The van der Waals surface area contributed by atoms with Crippen molar-refractivity contribution in [2.75, 3.05) is 13.7 Å². The van der Waals surface area contributed by atoms with Gasteiger partial charge in [-0.1, -0.05) is 12.1 Å². The van der Waals surface area contributed by atoms with E-state index in [1.807, 2.05) is 0 Å². The van der Waals surface area contributed by atoms with Crippen molar-refractivity contribution in [3.05, 3.63) is 35.5 Å². The first-order valence-electron chi connectivity index (χ1n) is 5.71. The molecule has 0 unspecified atom stereocenters. The molecule has 0 spiro atoms. The van der Waals surface area contributed by atoms with Crippen molar-refractivity contribution in [3.63, 3.8) is 0 Å². The van der Waals surface area contributed by atoms with Crippen LogP contribution in [0.4, 0.5) is 4.79 Å². The molecule has 0 aromatic heterocycles. The Morgan fingerprint density at radius 3 is 2.85 bits per heavy atom. The highest BCUT2D eigenvalue weighted by molar-refractivity contribution is 6.15. The van der Waals surface area contributed by atoms with Crippen LogP contribution >= 0.6 is 0 Å². The molecule has 0 atom stereocenters. The number of hydrogen-bond acceptors (Lipinski definition) is 4. The molecule has 1 aliphatic rings. The zero-order valence-corrected chi connectivity index (χ0v) is 10.6. The zero-order valence-electron chi connectivity index (χ0n) is 10.6. The minimum Gasteiger partial charge on any atom is -0.497 e. The van der Waals surface area contributed by atoms with Crippen LogP contribution in [0.15, 0.2) is 30.0 Å². The summed E-state index contributed by atoms with van der Waals surface area (Å²) in [5, 5.41) is 11.0. The molecule has 2 rings (SSSR count). The number of nitrogens with zero attached hydrogens (tertiary/aromatic N) is 1. The molecule has 0 bridgehead atoms. The van der Waals surface area contributed by atoms with Gasteiger partial charge in [0.25, 0.3) is 5.91 Å². The number of carbonyl (C=O) groups excluding carboxylic acids is 2. The van der Waals surface area contributed by atoms with Crippen molar-refractivity contribution in [2.24, 2.45) is 0 Å². The normalized spacial score (nSPS) is 16.4. The fraction of sp³-hybridized carbons (Fsp3) is 0.154. The Balaban J connectivity index is 2.25. The number of benzene rings is 1. The number of hydrogen-bond donors (Lipinski definition) is 2. The topological polar surface area (TPSA) is 95.9 Å². The monoisotopic (exact) mass is 276 g/mol. The minimum absolute atomic E-state index is 0.0319. The van der Waals surface area contributed by atoms with E-state index in [0.717, 1.165) is 0 Å². The lowest BCUT2D eigenvalue weighted by atomic mass is 10.2. The second kappa shape index (κ2) is 5.43. The maximum Gasteiger partial charge on any atom is 0.329 e. The Labute approximate surface area is 114 Å². The lowest BCUT2D eigenvalue weighted by molar-refractivity contribution is -0.140. The van der Waals surface area contributed by atoms with E-state index in [1.165, 1.54) is 13.2 Å². The van der Waals surface area contributed by atoms with E-state index in [4.69, 9.17) is 9.84 Å². The number of aliphatic carboxylic acids is 1. The largest absolute Gasteiger partial charge is 0.497 e. The predicted octanol–water partition coefficient (Wildman–Crippen LogP) is 0.672. The fourth-order valence-electron chi connectivity index (χ4n) is 1.75. The third-order valence-corrected chi connectivity index (χ3v) is 2.66. The van der Waals surface area contributed by atoms with E-state index >= 15 is 0 Å². The number of carbonyl (C=O) groups is 3. The van der Waals surface area contributed by atoms with Crippen LogP contribution in [-0.4, -0.2) is 41.6 Å². The van der Waals surface area contributed by atoms with Gasteiger partial charge in [0, 0.05) is 0 Å². The van der Waals surface area contributed by atoms with Gasteiger partial charge < -0.3 is 15.2 Å². The van der Waals surface area contributed by atoms with E-state index in [2.05, 4.69) is 5.32 Å². The number of rotatable bonds is 4. The van der Waals surface area contributed by atoms with Gasteiger partial charge in [-0.15, -0.1) is 0 Å². The molecule has 1 aliphatic heterocycles. The van der Waals surface area contributed by atoms with Gasteiger partial charge in [0.2, 0.25) is 0 Å². The van der Waals surface area contributed by atoms with Crippen LogP contribution in [0, 0.1) is 0 Å². The van der Waals surface area contributed by atoms with Gasteiger partial charge >= 0.3 is 12.0 Å². The molecule has 2 N–H and O–H groups in total. The molecule has 104 valence electrons. The Kier molecular flexibility index (Phi) is 3.69. The third kappa shape index (κ3) is 2.77. The summed E-state index contributed by atoms with van der Waals surface area (Å²) in [6.07, 6.45) is 1.46. The average molecular weight is 276 g/mol. The molecule has 1 aromatic rings. The van der Waals surface area contributed by atoms with Gasteiger partial charge in [-0.3, -0.25) is 9.59 Å². The van der Waals surface area contributed by atoms with E-state index in [0.29, 0.717) is 16.2 Å². The average Bonchev–Trinajstić information content (AvgIpc) is 2.66. The lowest BCUT2D eigenvalue weighted by Gasteiger charge is -2.06. The van der Waals surface area contributed by atoms with Gasteiger partial charge in [0.1, 0.15) is 18.0 Å². The summed E-state index contributed by atoms with van der Waals surface area (Å²) in [5.41, 5.74) is 0.690. The number of ether oxygens (including phenoxy) is 1. The SMILES string of the molecule is COc1cccc(C=C2NC(=O)N(CC(=O)O)C2=O)c1. The van der Waals surface area contributed by atoms with Crippen LogP contribution in [-0.2, 0) is 9.59 Å². The number of urea groups is 1.